The highest BCUT2D eigenvalue weighted by Gasteiger charge is 2.31. The molecular weight excluding hydrogens is 374 g/mol. The second kappa shape index (κ2) is 5.12. The average molecular weight is 383 g/mol. The van der Waals surface area contributed by atoms with Crippen LogP contribution in [0.4, 0.5) is 5.69 Å². The van der Waals surface area contributed by atoms with Crippen LogP contribution in [0.15, 0.2) is 39.0 Å². The van der Waals surface area contributed by atoms with Gasteiger partial charge in [-0.2, -0.15) is 25.3 Å². The lowest BCUT2D eigenvalue weighted by molar-refractivity contribution is 0.468. The van der Waals surface area contributed by atoms with E-state index in [0.29, 0.717) is 0 Å². The van der Waals surface area contributed by atoms with E-state index in [0.717, 1.165) is 24.3 Å². The van der Waals surface area contributed by atoms with Gasteiger partial charge in [-0.25, -0.2) is 0 Å². The summed E-state index contributed by atoms with van der Waals surface area (Å²) in [6.45, 7) is 0. The van der Waals surface area contributed by atoms with E-state index in [9.17, 15) is 29.8 Å². The summed E-state index contributed by atoms with van der Waals surface area (Å²) in [6.07, 6.45) is 0. The van der Waals surface area contributed by atoms with Crippen LogP contribution in [0, 0.1) is 0 Å². The molecular formula is C10H9NO9S3. The standard InChI is InChI=1S/C10H9NO9S3/c11-7-4-6-5(2-1-3-8(6)21(12,13)14)9(22(15,16)17)10(7)23(18,19)20/h1-4H,11H2,(H,12,13,14)(H,15,16,17)(H,18,19,20). The minimum atomic E-state index is -5.22. The molecule has 23 heavy (non-hydrogen) atoms. The summed E-state index contributed by atoms with van der Waals surface area (Å²) in [7, 11) is -15.2. The molecule has 13 heteroatoms. The molecule has 0 aliphatic carbocycles. The predicted molar refractivity (Wildman–Crippen MR) is 77.8 cm³/mol. The minimum absolute atomic E-state index is 0.451. The van der Waals surface area contributed by atoms with Gasteiger partial charge >= 0.3 is 0 Å². The zero-order chi connectivity index (χ0) is 17.8. The van der Waals surface area contributed by atoms with E-state index in [1.807, 2.05) is 0 Å². The second-order valence-electron chi connectivity index (χ2n) is 4.40. The van der Waals surface area contributed by atoms with Crippen LogP contribution in [-0.4, -0.2) is 38.9 Å². The van der Waals surface area contributed by atoms with E-state index >= 15 is 0 Å². The molecule has 5 N–H and O–H groups in total. The molecule has 0 heterocycles. The highest BCUT2D eigenvalue weighted by Crippen LogP contribution is 2.37. The van der Waals surface area contributed by atoms with Gasteiger partial charge in [0.2, 0.25) is 0 Å². The Morgan fingerprint density at radius 1 is 0.739 bits per heavy atom. The molecule has 0 saturated heterocycles. The molecule has 0 aliphatic heterocycles. The van der Waals surface area contributed by atoms with Crippen molar-refractivity contribution in [1.29, 1.82) is 0 Å². The zero-order valence-electron chi connectivity index (χ0n) is 10.9. The van der Waals surface area contributed by atoms with Crippen LogP contribution < -0.4 is 5.73 Å². The molecule has 0 bridgehead atoms. The Balaban J connectivity index is 3.27. The van der Waals surface area contributed by atoms with Crippen molar-refractivity contribution in [2.45, 2.75) is 14.7 Å². The third kappa shape index (κ3) is 3.15. The number of anilines is 1. The number of benzene rings is 2. The van der Waals surface area contributed by atoms with Crippen molar-refractivity contribution >= 4 is 46.8 Å². The number of nitrogens with two attached hydrogens (primary N) is 1. The molecule has 0 radical (unpaired) electrons. The number of hydrogen-bond acceptors (Lipinski definition) is 7. The molecule has 0 fully saturated rings. The first-order valence-corrected chi connectivity index (χ1v) is 9.84. The summed E-state index contributed by atoms with van der Waals surface area (Å²) >= 11 is 0. The fraction of sp³-hybridized carbons (Fsp3) is 0. The van der Waals surface area contributed by atoms with Crippen molar-refractivity contribution in [3.05, 3.63) is 24.3 Å². The van der Waals surface area contributed by atoms with Crippen LogP contribution in [0.3, 0.4) is 0 Å². The zero-order valence-corrected chi connectivity index (χ0v) is 13.4. The van der Waals surface area contributed by atoms with Gasteiger partial charge in [0, 0.05) is 10.8 Å². The molecule has 0 aromatic heterocycles. The number of fused-ring (bicyclic) bond motifs is 1. The first kappa shape index (κ1) is 17.6. The van der Waals surface area contributed by atoms with E-state index in [2.05, 4.69) is 0 Å². The van der Waals surface area contributed by atoms with Crippen molar-refractivity contribution < 1.29 is 38.9 Å². The van der Waals surface area contributed by atoms with Crippen molar-refractivity contribution in [2.75, 3.05) is 5.73 Å². The maximum Gasteiger partial charge on any atom is 0.298 e. The maximum absolute atomic E-state index is 11.5. The summed E-state index contributed by atoms with van der Waals surface area (Å²) in [5.41, 5.74) is 4.56. The fourth-order valence-electron chi connectivity index (χ4n) is 2.11. The predicted octanol–water partition coefficient (Wildman–Crippen LogP) is 0.162. The van der Waals surface area contributed by atoms with Crippen molar-refractivity contribution in [1.82, 2.24) is 0 Å². The van der Waals surface area contributed by atoms with Crippen molar-refractivity contribution in [3.8, 4) is 0 Å². The third-order valence-corrected chi connectivity index (χ3v) is 5.81. The Hall–Kier alpha value is -1.77. The van der Waals surface area contributed by atoms with Gasteiger partial charge in [-0.15, -0.1) is 0 Å². The monoisotopic (exact) mass is 383 g/mol. The number of nitrogen functional groups attached to an aromatic ring is 1. The lowest BCUT2D eigenvalue weighted by atomic mass is 10.1. The topological polar surface area (TPSA) is 189 Å². The second-order valence-corrected chi connectivity index (χ2v) is 8.51. The Kier molecular flexibility index (Phi) is 3.91. The van der Waals surface area contributed by atoms with Crippen LogP contribution in [0.2, 0.25) is 0 Å². The Morgan fingerprint density at radius 2 is 1.26 bits per heavy atom. The third-order valence-electron chi connectivity index (χ3n) is 2.87. The van der Waals surface area contributed by atoms with Crippen LogP contribution in [0.1, 0.15) is 0 Å². The lowest BCUT2D eigenvalue weighted by Crippen LogP contribution is -2.13. The van der Waals surface area contributed by atoms with E-state index in [1.165, 1.54) is 0 Å². The summed E-state index contributed by atoms with van der Waals surface area (Å²) in [5.74, 6) is 0. The number of rotatable bonds is 3. The SMILES string of the molecule is Nc1cc2c(S(=O)(=O)O)cccc2c(S(=O)(=O)O)c1S(=O)(=O)O. The van der Waals surface area contributed by atoms with Crippen molar-refractivity contribution in [3.63, 3.8) is 0 Å². The Labute approximate surface area is 130 Å². The molecule has 2 aromatic rings. The smallest absolute Gasteiger partial charge is 0.298 e. The quantitative estimate of drug-likeness (QED) is 0.419. The Morgan fingerprint density at radius 3 is 1.70 bits per heavy atom. The first-order valence-electron chi connectivity index (χ1n) is 5.52. The Bertz CT molecular complexity index is 1130. The molecule has 2 aromatic carbocycles. The van der Waals surface area contributed by atoms with E-state index in [1.54, 1.807) is 0 Å². The highest BCUT2D eigenvalue weighted by atomic mass is 32.2. The minimum Gasteiger partial charge on any atom is -0.398 e. The van der Waals surface area contributed by atoms with Gasteiger partial charge in [0.15, 0.2) is 0 Å². The molecule has 10 nitrogen and oxygen atoms in total. The first-order chi connectivity index (χ1) is 10.2. The van der Waals surface area contributed by atoms with Crippen LogP contribution in [0.5, 0.6) is 0 Å². The molecule has 0 atom stereocenters. The van der Waals surface area contributed by atoms with Gasteiger partial charge in [0.05, 0.1) is 5.69 Å². The van der Waals surface area contributed by atoms with E-state index in [-0.39, 0.29) is 0 Å². The largest absolute Gasteiger partial charge is 0.398 e. The molecule has 0 unspecified atom stereocenters. The lowest BCUT2D eigenvalue weighted by Gasteiger charge is -2.13. The average Bonchev–Trinajstić information content (AvgIpc) is 2.32. The van der Waals surface area contributed by atoms with Gasteiger partial charge in [-0.3, -0.25) is 13.7 Å². The van der Waals surface area contributed by atoms with E-state index in [4.69, 9.17) is 14.8 Å². The van der Waals surface area contributed by atoms with Gasteiger partial charge in [-0.1, -0.05) is 12.1 Å². The fourth-order valence-corrected chi connectivity index (χ4v) is 4.95. The maximum atomic E-state index is 11.5. The van der Waals surface area contributed by atoms with E-state index < -0.39 is 61.5 Å². The number of hydrogen-bond donors (Lipinski definition) is 4. The highest BCUT2D eigenvalue weighted by molar-refractivity contribution is 7.89. The van der Waals surface area contributed by atoms with Gasteiger partial charge in [-0.05, 0) is 12.1 Å². The van der Waals surface area contributed by atoms with Gasteiger partial charge < -0.3 is 5.73 Å². The van der Waals surface area contributed by atoms with Crippen LogP contribution >= 0.6 is 0 Å². The van der Waals surface area contributed by atoms with Crippen LogP contribution in [-0.2, 0) is 30.4 Å². The van der Waals surface area contributed by atoms with Crippen molar-refractivity contribution in [2.24, 2.45) is 0 Å². The molecule has 126 valence electrons. The van der Waals surface area contributed by atoms with Gasteiger partial charge in [0.1, 0.15) is 14.7 Å². The molecule has 0 spiro atoms. The van der Waals surface area contributed by atoms with Crippen LogP contribution in [0.25, 0.3) is 10.8 Å². The molecule has 0 amide bonds. The molecule has 2 rings (SSSR count). The summed E-state index contributed by atoms with van der Waals surface area (Å²) in [4.78, 5) is -3.34. The normalized spacial score (nSPS) is 13.3. The van der Waals surface area contributed by atoms with Gasteiger partial charge in [0.25, 0.3) is 30.4 Å². The molecule has 0 aliphatic rings. The summed E-state index contributed by atoms with van der Waals surface area (Å²) in [6, 6.07) is 3.64. The molecule has 0 saturated carbocycles. The summed E-state index contributed by atoms with van der Waals surface area (Å²) in [5, 5.41) is -1.02. The summed E-state index contributed by atoms with van der Waals surface area (Å²) < 4.78 is 96.1.